The fraction of sp³-hybridized carbons (Fsp3) is 0.400. The van der Waals surface area contributed by atoms with Crippen LogP contribution in [-0.2, 0) is 18.0 Å². The molecule has 0 bridgehead atoms. The number of halogens is 4. The highest BCUT2D eigenvalue weighted by molar-refractivity contribution is 6.03. The molecule has 3 amide bonds. The summed E-state index contributed by atoms with van der Waals surface area (Å²) in [6.07, 6.45) is -3.11. The predicted molar refractivity (Wildman–Crippen MR) is 134 cm³/mol. The standard InChI is InChI=1S/C25H27F4N7O4/c1-24(2,3)40-23(39)36-9-7-35(8-10-36)22(38)15-6-5-14(11-17(15)26)32-21(37)20-30-13-18(34(20)4)16-12-31-33-19(16)25(27,28)29/h5-6,11-13H,7-10H2,1-4H3,(H,31,33)(H,32,37). The monoisotopic (exact) mass is 565 g/mol. The van der Waals surface area contributed by atoms with Crippen LogP contribution in [0, 0.1) is 5.82 Å². The van der Waals surface area contributed by atoms with Crippen LogP contribution in [-0.4, -0.2) is 79.2 Å². The average Bonchev–Trinajstić information content (AvgIpc) is 3.49. The van der Waals surface area contributed by atoms with Gasteiger partial charge in [0, 0.05) is 38.9 Å². The third-order valence-electron chi connectivity index (χ3n) is 6.07. The average molecular weight is 566 g/mol. The summed E-state index contributed by atoms with van der Waals surface area (Å²) in [7, 11) is 1.36. The predicted octanol–water partition coefficient (Wildman–Crippen LogP) is 3.91. The highest BCUT2D eigenvalue weighted by Gasteiger charge is 2.37. The second kappa shape index (κ2) is 10.6. The van der Waals surface area contributed by atoms with Crippen molar-refractivity contribution in [1.82, 2.24) is 29.5 Å². The molecule has 1 aromatic carbocycles. The fourth-order valence-electron chi connectivity index (χ4n) is 4.11. The lowest BCUT2D eigenvalue weighted by Gasteiger charge is -2.35. The number of benzene rings is 1. The lowest BCUT2D eigenvalue weighted by molar-refractivity contribution is -0.140. The maximum atomic E-state index is 14.9. The van der Waals surface area contributed by atoms with Crippen molar-refractivity contribution in [2.45, 2.75) is 32.5 Å². The summed E-state index contributed by atoms with van der Waals surface area (Å²) >= 11 is 0. The molecule has 0 spiro atoms. The highest BCUT2D eigenvalue weighted by Crippen LogP contribution is 2.35. The zero-order chi connectivity index (χ0) is 29.4. The second-order valence-electron chi connectivity index (χ2n) is 10.1. The number of nitrogens with one attached hydrogen (secondary N) is 2. The van der Waals surface area contributed by atoms with Gasteiger partial charge in [-0.1, -0.05) is 0 Å². The number of H-pyrrole nitrogens is 1. The molecule has 4 rings (SSSR count). The van der Waals surface area contributed by atoms with Gasteiger partial charge in [0.1, 0.15) is 17.1 Å². The van der Waals surface area contributed by atoms with Crippen LogP contribution >= 0.6 is 0 Å². The van der Waals surface area contributed by atoms with Crippen molar-refractivity contribution in [3.63, 3.8) is 0 Å². The molecule has 0 radical (unpaired) electrons. The molecule has 1 saturated heterocycles. The van der Waals surface area contributed by atoms with Gasteiger partial charge in [-0.05, 0) is 39.0 Å². The third-order valence-corrected chi connectivity index (χ3v) is 6.07. The Morgan fingerprint density at radius 3 is 2.27 bits per heavy atom. The van der Waals surface area contributed by atoms with E-state index in [2.05, 4.69) is 15.4 Å². The molecule has 214 valence electrons. The van der Waals surface area contributed by atoms with Crippen LogP contribution in [0.1, 0.15) is 47.4 Å². The summed E-state index contributed by atoms with van der Waals surface area (Å²) in [5.74, 6) is -2.49. The van der Waals surface area contributed by atoms with Crippen LogP contribution in [0.3, 0.4) is 0 Å². The largest absolute Gasteiger partial charge is 0.444 e. The first-order chi connectivity index (χ1) is 18.7. The van der Waals surface area contributed by atoms with Crippen molar-refractivity contribution in [2.75, 3.05) is 31.5 Å². The van der Waals surface area contributed by atoms with Crippen LogP contribution in [0.5, 0.6) is 0 Å². The summed E-state index contributed by atoms with van der Waals surface area (Å²) in [6, 6.07) is 3.51. The molecule has 3 aromatic rings. The molecule has 40 heavy (non-hydrogen) atoms. The van der Waals surface area contributed by atoms with Gasteiger partial charge in [0.25, 0.3) is 11.8 Å². The number of aromatic amines is 1. The number of imidazole rings is 1. The quantitative estimate of drug-likeness (QED) is 0.462. The van der Waals surface area contributed by atoms with Gasteiger partial charge < -0.3 is 24.4 Å². The molecule has 0 atom stereocenters. The van der Waals surface area contributed by atoms with Gasteiger partial charge >= 0.3 is 12.3 Å². The number of nitrogens with zero attached hydrogens (tertiary/aromatic N) is 5. The molecule has 3 heterocycles. The minimum absolute atomic E-state index is 0.00915. The Morgan fingerprint density at radius 2 is 1.68 bits per heavy atom. The van der Waals surface area contributed by atoms with Crippen molar-refractivity contribution in [3.05, 3.63) is 53.5 Å². The number of rotatable bonds is 4. The Morgan fingerprint density at radius 1 is 1.02 bits per heavy atom. The number of ether oxygens (including phenoxy) is 1. The summed E-state index contributed by atoms with van der Waals surface area (Å²) in [5, 5.41) is 7.77. The highest BCUT2D eigenvalue weighted by atomic mass is 19.4. The second-order valence-corrected chi connectivity index (χ2v) is 10.1. The van der Waals surface area contributed by atoms with Crippen molar-refractivity contribution in [2.24, 2.45) is 7.05 Å². The number of hydrogen-bond donors (Lipinski definition) is 2. The van der Waals surface area contributed by atoms with E-state index in [4.69, 9.17) is 4.74 Å². The van der Waals surface area contributed by atoms with Gasteiger partial charge in [-0.25, -0.2) is 14.2 Å². The number of alkyl halides is 3. The van der Waals surface area contributed by atoms with Gasteiger partial charge in [0.2, 0.25) is 0 Å². The molecule has 15 heteroatoms. The Hall–Kier alpha value is -4.43. The zero-order valence-electron chi connectivity index (χ0n) is 22.1. The zero-order valence-corrected chi connectivity index (χ0v) is 22.1. The minimum atomic E-state index is -4.69. The number of aromatic nitrogens is 4. The maximum Gasteiger partial charge on any atom is 0.433 e. The van der Waals surface area contributed by atoms with Crippen molar-refractivity contribution in [3.8, 4) is 11.3 Å². The molecule has 1 fully saturated rings. The number of anilines is 1. The molecule has 0 unspecified atom stereocenters. The van der Waals surface area contributed by atoms with Gasteiger partial charge in [-0.15, -0.1) is 0 Å². The Bertz CT molecular complexity index is 1430. The van der Waals surface area contributed by atoms with Crippen molar-refractivity contribution in [1.29, 1.82) is 0 Å². The summed E-state index contributed by atoms with van der Waals surface area (Å²) in [6.45, 7) is 6.08. The first-order valence-corrected chi connectivity index (χ1v) is 12.2. The lowest BCUT2D eigenvalue weighted by atomic mass is 10.1. The van der Waals surface area contributed by atoms with Crippen LogP contribution < -0.4 is 5.32 Å². The molecule has 2 N–H and O–H groups in total. The van der Waals surface area contributed by atoms with E-state index in [1.54, 1.807) is 20.8 Å². The number of amides is 3. The number of carbonyl (C=O) groups is 3. The lowest BCUT2D eigenvalue weighted by Crippen LogP contribution is -2.51. The summed E-state index contributed by atoms with van der Waals surface area (Å²) in [4.78, 5) is 44.7. The molecular weight excluding hydrogens is 538 g/mol. The molecule has 11 nitrogen and oxygen atoms in total. The van der Waals surface area contributed by atoms with Crippen LogP contribution in [0.15, 0.2) is 30.6 Å². The van der Waals surface area contributed by atoms with E-state index in [-0.39, 0.29) is 54.5 Å². The molecular formula is C25H27F4N7O4. The third kappa shape index (κ3) is 6.07. The van der Waals surface area contributed by atoms with E-state index in [1.165, 1.54) is 29.0 Å². The number of piperazine rings is 1. The van der Waals surface area contributed by atoms with E-state index in [1.807, 2.05) is 5.10 Å². The topological polar surface area (TPSA) is 125 Å². The number of carbonyl (C=O) groups excluding carboxylic acids is 3. The summed E-state index contributed by atoms with van der Waals surface area (Å²) in [5.41, 5.74) is -2.25. The fourth-order valence-corrected chi connectivity index (χ4v) is 4.11. The van der Waals surface area contributed by atoms with E-state index >= 15 is 0 Å². The van der Waals surface area contributed by atoms with E-state index in [0.717, 1.165) is 23.0 Å². The van der Waals surface area contributed by atoms with Crippen LogP contribution in [0.2, 0.25) is 0 Å². The molecule has 1 aliphatic rings. The molecule has 0 aliphatic carbocycles. The Balaban J connectivity index is 1.41. The molecule has 0 saturated carbocycles. The van der Waals surface area contributed by atoms with Crippen LogP contribution in [0.4, 0.5) is 28.0 Å². The van der Waals surface area contributed by atoms with E-state index < -0.39 is 41.2 Å². The maximum absolute atomic E-state index is 14.9. The van der Waals surface area contributed by atoms with E-state index in [9.17, 15) is 31.9 Å². The molecule has 1 aliphatic heterocycles. The Kier molecular flexibility index (Phi) is 7.59. The first-order valence-electron chi connectivity index (χ1n) is 12.2. The SMILES string of the molecule is Cn1c(-c2cn[nH]c2C(F)(F)F)cnc1C(=O)Nc1ccc(C(=O)N2CCN(C(=O)OC(C)(C)C)CC2)c(F)c1. The van der Waals surface area contributed by atoms with Gasteiger partial charge in [0.15, 0.2) is 5.82 Å². The van der Waals surface area contributed by atoms with Crippen molar-refractivity contribution >= 4 is 23.6 Å². The smallest absolute Gasteiger partial charge is 0.433 e. The van der Waals surface area contributed by atoms with Crippen molar-refractivity contribution < 1.29 is 36.7 Å². The summed E-state index contributed by atoms with van der Waals surface area (Å²) < 4.78 is 61.1. The van der Waals surface area contributed by atoms with Gasteiger partial charge in [-0.2, -0.15) is 18.3 Å². The minimum Gasteiger partial charge on any atom is -0.444 e. The van der Waals surface area contributed by atoms with Crippen LogP contribution in [0.25, 0.3) is 11.3 Å². The van der Waals surface area contributed by atoms with E-state index in [0.29, 0.717) is 0 Å². The normalized spacial score (nSPS) is 14.3. The first kappa shape index (κ1) is 28.6. The molecule has 2 aromatic heterocycles. The number of hydrogen-bond acceptors (Lipinski definition) is 6. The van der Waals surface area contributed by atoms with Gasteiger partial charge in [0.05, 0.1) is 29.2 Å². The Labute approximate surface area is 226 Å². The van der Waals surface area contributed by atoms with Gasteiger partial charge in [-0.3, -0.25) is 14.7 Å².